The Morgan fingerprint density at radius 2 is 1.56 bits per heavy atom. The smallest absolute Gasteiger partial charge is 0.00633 e. The van der Waals surface area contributed by atoms with Gasteiger partial charge in [-0.3, -0.25) is 0 Å². The second kappa shape index (κ2) is 7.63. The molecule has 1 heteroatoms. The second-order valence-electron chi connectivity index (χ2n) is 3.98. The molecule has 0 fully saturated rings. The van der Waals surface area contributed by atoms with Crippen LogP contribution in [-0.4, -0.2) is 0 Å². The Kier molecular flexibility index (Phi) is 6.42. The molecule has 0 N–H and O–H groups in total. The van der Waals surface area contributed by atoms with Crippen molar-refractivity contribution in [2.24, 2.45) is 0 Å². The Morgan fingerprint density at radius 1 is 0.938 bits per heavy atom. The third-order valence-electron chi connectivity index (χ3n) is 2.98. The van der Waals surface area contributed by atoms with Gasteiger partial charge in [-0.1, -0.05) is 65.3 Å². The van der Waals surface area contributed by atoms with Gasteiger partial charge in [-0.2, -0.15) is 0 Å². The van der Waals surface area contributed by atoms with Crippen LogP contribution in [0.1, 0.15) is 45.6 Å². The largest absolute Gasteiger partial charge is 0.0904 e. The fourth-order valence-electron chi connectivity index (χ4n) is 1.98. The molecule has 0 amide bonds. The van der Waals surface area contributed by atoms with Gasteiger partial charge >= 0.3 is 0 Å². The Hall–Kier alpha value is -0.610. The molecular formula is C15H23P. The molecule has 1 atom stereocenters. The molecule has 1 aromatic rings. The number of benzene rings is 1. The zero-order valence-electron chi connectivity index (χ0n) is 10.7. The van der Waals surface area contributed by atoms with Crippen molar-refractivity contribution < 1.29 is 0 Å². The summed E-state index contributed by atoms with van der Waals surface area (Å²) in [7, 11) is 0.974. The Balaban J connectivity index is 2.62. The van der Waals surface area contributed by atoms with Crippen molar-refractivity contribution in [3.63, 3.8) is 0 Å². The molecule has 0 aromatic heterocycles. The minimum atomic E-state index is 0.974. The van der Waals surface area contributed by atoms with E-state index in [-0.39, 0.29) is 0 Å². The van der Waals surface area contributed by atoms with Crippen molar-refractivity contribution >= 4 is 8.58 Å². The lowest BCUT2D eigenvalue weighted by Crippen LogP contribution is -1.86. The molecule has 0 bridgehead atoms. The SMILES string of the molecule is CCC(CC)=C(CC)PCc1ccccc1. The van der Waals surface area contributed by atoms with Crippen molar-refractivity contribution in [3.05, 3.63) is 46.8 Å². The Morgan fingerprint density at radius 3 is 2.06 bits per heavy atom. The van der Waals surface area contributed by atoms with Crippen LogP contribution < -0.4 is 0 Å². The van der Waals surface area contributed by atoms with Gasteiger partial charge < -0.3 is 0 Å². The summed E-state index contributed by atoms with van der Waals surface area (Å²) in [5.74, 6) is 0. The molecule has 1 rings (SSSR count). The summed E-state index contributed by atoms with van der Waals surface area (Å²) in [5, 5.41) is 1.70. The van der Waals surface area contributed by atoms with E-state index in [1.165, 1.54) is 31.0 Å². The van der Waals surface area contributed by atoms with Crippen molar-refractivity contribution in [1.82, 2.24) is 0 Å². The highest BCUT2D eigenvalue weighted by Crippen LogP contribution is 2.35. The molecule has 88 valence electrons. The van der Waals surface area contributed by atoms with Crippen LogP contribution in [0.4, 0.5) is 0 Å². The van der Waals surface area contributed by atoms with E-state index in [9.17, 15) is 0 Å². The maximum atomic E-state index is 2.29. The van der Waals surface area contributed by atoms with Crippen LogP contribution in [0.25, 0.3) is 0 Å². The van der Waals surface area contributed by atoms with Gasteiger partial charge in [0.1, 0.15) is 0 Å². The van der Waals surface area contributed by atoms with Gasteiger partial charge in [0, 0.05) is 0 Å². The van der Waals surface area contributed by atoms with Crippen LogP contribution in [0.15, 0.2) is 41.2 Å². The summed E-state index contributed by atoms with van der Waals surface area (Å²) >= 11 is 0. The second-order valence-corrected chi connectivity index (χ2v) is 5.29. The summed E-state index contributed by atoms with van der Waals surface area (Å²) in [4.78, 5) is 0. The van der Waals surface area contributed by atoms with Gasteiger partial charge in [0.05, 0.1) is 0 Å². The first-order valence-electron chi connectivity index (χ1n) is 6.30. The van der Waals surface area contributed by atoms with Gasteiger partial charge in [-0.25, -0.2) is 0 Å². The number of rotatable bonds is 6. The molecule has 0 nitrogen and oxygen atoms in total. The van der Waals surface area contributed by atoms with Gasteiger partial charge in [-0.15, -0.1) is 0 Å². The lowest BCUT2D eigenvalue weighted by molar-refractivity contribution is 0.945. The van der Waals surface area contributed by atoms with E-state index in [0.717, 1.165) is 8.58 Å². The van der Waals surface area contributed by atoms with Crippen molar-refractivity contribution in [1.29, 1.82) is 0 Å². The molecule has 0 aliphatic carbocycles. The zero-order valence-corrected chi connectivity index (χ0v) is 11.7. The van der Waals surface area contributed by atoms with Crippen molar-refractivity contribution in [2.75, 3.05) is 0 Å². The number of hydrogen-bond acceptors (Lipinski definition) is 0. The van der Waals surface area contributed by atoms with Crippen LogP contribution in [0.5, 0.6) is 0 Å². The topological polar surface area (TPSA) is 0 Å². The predicted molar refractivity (Wildman–Crippen MR) is 76.4 cm³/mol. The average Bonchev–Trinajstić information content (AvgIpc) is 2.35. The number of allylic oxidation sites excluding steroid dienone is 2. The van der Waals surface area contributed by atoms with Gasteiger partial charge in [0.2, 0.25) is 0 Å². The Labute approximate surface area is 102 Å². The molecule has 0 radical (unpaired) electrons. The molecule has 0 saturated heterocycles. The first kappa shape index (κ1) is 13.5. The lowest BCUT2D eigenvalue weighted by atomic mass is 10.1. The highest BCUT2D eigenvalue weighted by atomic mass is 31.1. The normalized spacial score (nSPS) is 10.9. The van der Waals surface area contributed by atoms with Crippen LogP contribution >= 0.6 is 8.58 Å². The summed E-state index contributed by atoms with van der Waals surface area (Å²) in [5.41, 5.74) is 3.15. The molecule has 0 aliphatic rings. The molecule has 0 spiro atoms. The van der Waals surface area contributed by atoms with E-state index >= 15 is 0 Å². The third-order valence-corrected chi connectivity index (χ3v) is 4.70. The lowest BCUT2D eigenvalue weighted by Gasteiger charge is -2.11. The van der Waals surface area contributed by atoms with E-state index in [1.807, 2.05) is 0 Å². The highest BCUT2D eigenvalue weighted by Gasteiger charge is 2.02. The minimum Gasteiger partial charge on any atom is -0.0904 e. The first-order valence-corrected chi connectivity index (χ1v) is 7.51. The molecule has 0 saturated carbocycles. The van der Waals surface area contributed by atoms with E-state index in [0.29, 0.717) is 0 Å². The zero-order chi connectivity index (χ0) is 11.8. The van der Waals surface area contributed by atoms with E-state index in [4.69, 9.17) is 0 Å². The Bertz CT molecular complexity index is 319. The fourth-order valence-corrected chi connectivity index (χ4v) is 3.49. The van der Waals surface area contributed by atoms with E-state index in [1.54, 1.807) is 10.9 Å². The summed E-state index contributed by atoms with van der Waals surface area (Å²) in [6, 6.07) is 10.8. The number of hydrogen-bond donors (Lipinski definition) is 0. The van der Waals surface area contributed by atoms with Crippen LogP contribution in [-0.2, 0) is 6.16 Å². The molecule has 16 heavy (non-hydrogen) atoms. The standard InChI is InChI=1S/C15H23P/c1-4-14(5-2)15(6-3)16-12-13-10-8-7-9-11-13/h7-11,16H,4-6,12H2,1-3H3. The third kappa shape index (κ3) is 4.10. The maximum Gasteiger partial charge on any atom is -0.00633 e. The van der Waals surface area contributed by atoms with Crippen molar-refractivity contribution in [2.45, 2.75) is 46.2 Å². The average molecular weight is 234 g/mol. The van der Waals surface area contributed by atoms with Gasteiger partial charge in [0.15, 0.2) is 0 Å². The van der Waals surface area contributed by atoms with E-state index in [2.05, 4.69) is 51.1 Å². The van der Waals surface area contributed by atoms with Crippen LogP contribution in [0.2, 0.25) is 0 Å². The molecule has 1 unspecified atom stereocenters. The van der Waals surface area contributed by atoms with Gasteiger partial charge in [0.25, 0.3) is 0 Å². The molecular weight excluding hydrogens is 211 g/mol. The summed E-state index contributed by atoms with van der Waals surface area (Å²) in [6.07, 6.45) is 4.89. The quantitative estimate of drug-likeness (QED) is 0.582. The molecule has 1 aromatic carbocycles. The monoisotopic (exact) mass is 234 g/mol. The first-order chi connectivity index (χ1) is 7.81. The maximum absolute atomic E-state index is 2.29. The van der Waals surface area contributed by atoms with Crippen molar-refractivity contribution in [3.8, 4) is 0 Å². The fraction of sp³-hybridized carbons (Fsp3) is 0.467. The minimum absolute atomic E-state index is 0.974. The summed E-state index contributed by atoms with van der Waals surface area (Å²) < 4.78 is 0. The molecule has 0 aliphatic heterocycles. The summed E-state index contributed by atoms with van der Waals surface area (Å²) in [6.45, 7) is 6.85. The highest BCUT2D eigenvalue weighted by molar-refractivity contribution is 7.42. The van der Waals surface area contributed by atoms with Crippen LogP contribution in [0, 0.1) is 0 Å². The molecule has 0 heterocycles. The van der Waals surface area contributed by atoms with Gasteiger partial charge in [-0.05, 0) is 36.3 Å². The predicted octanol–water partition coefficient (Wildman–Crippen LogP) is 5.35. The van der Waals surface area contributed by atoms with E-state index < -0.39 is 0 Å². The van der Waals surface area contributed by atoms with Crippen LogP contribution in [0.3, 0.4) is 0 Å².